The van der Waals surface area contributed by atoms with Gasteiger partial charge in [0.25, 0.3) is 0 Å². The number of amides is 1. The second-order valence-corrected chi connectivity index (χ2v) is 7.22. The minimum Gasteiger partial charge on any atom is -0.356 e. The number of benzene rings is 1. The van der Waals surface area contributed by atoms with E-state index in [0.29, 0.717) is 17.8 Å². The Kier molecular flexibility index (Phi) is 3.49. The van der Waals surface area contributed by atoms with Gasteiger partial charge in [0, 0.05) is 23.8 Å². The number of carbonyl (C=O) groups excluding carboxylic acids is 1. The molecule has 1 amide bonds. The lowest BCUT2D eigenvalue weighted by atomic mass is 9.95. The van der Waals surface area contributed by atoms with Gasteiger partial charge in [-0.2, -0.15) is 0 Å². The smallest absolute Gasteiger partial charge is 0.220 e. The first kappa shape index (κ1) is 13.9. The Morgan fingerprint density at radius 3 is 3.18 bits per heavy atom. The zero-order valence-corrected chi connectivity index (χ0v) is 13.4. The highest BCUT2D eigenvalue weighted by Gasteiger charge is 2.57. The summed E-state index contributed by atoms with van der Waals surface area (Å²) in [5, 5.41) is 5.14. The molecule has 3 nitrogen and oxygen atoms in total. The summed E-state index contributed by atoms with van der Waals surface area (Å²) in [6, 6.07) is 8.82. The van der Waals surface area contributed by atoms with Gasteiger partial charge in [0.15, 0.2) is 0 Å². The van der Waals surface area contributed by atoms with Crippen LogP contribution in [0.5, 0.6) is 0 Å². The highest BCUT2D eigenvalue weighted by Crippen LogP contribution is 2.61. The van der Waals surface area contributed by atoms with Crippen LogP contribution in [-0.2, 0) is 23.1 Å². The molecule has 2 unspecified atom stereocenters. The van der Waals surface area contributed by atoms with Crippen LogP contribution in [0, 0.1) is 5.92 Å². The van der Waals surface area contributed by atoms with Crippen LogP contribution in [0.3, 0.4) is 0 Å². The Balaban J connectivity index is 1.29. The molecule has 4 heteroatoms. The lowest BCUT2D eigenvalue weighted by Gasteiger charge is -2.12. The highest BCUT2D eigenvalue weighted by atomic mass is 32.1. The number of carbonyl (C=O) groups is 1. The molecular weight excluding hydrogens is 292 g/mol. The first-order chi connectivity index (χ1) is 10.8. The van der Waals surface area contributed by atoms with E-state index in [2.05, 4.69) is 34.6 Å². The van der Waals surface area contributed by atoms with E-state index in [1.54, 1.807) is 11.3 Å². The summed E-state index contributed by atoms with van der Waals surface area (Å²) in [5.41, 5.74) is 6.27. The van der Waals surface area contributed by atoms with Gasteiger partial charge in [-0.25, -0.2) is 4.98 Å². The number of aromatic nitrogens is 1. The van der Waals surface area contributed by atoms with E-state index >= 15 is 0 Å². The number of hydrogen-bond acceptors (Lipinski definition) is 3. The van der Waals surface area contributed by atoms with Gasteiger partial charge in [0.05, 0.1) is 11.2 Å². The number of rotatable bonds is 5. The summed E-state index contributed by atoms with van der Waals surface area (Å²) >= 11 is 1.58. The largest absolute Gasteiger partial charge is 0.356 e. The predicted octanol–water partition coefficient (Wildman–Crippen LogP) is 3.10. The average molecular weight is 312 g/mol. The third-order valence-electron chi connectivity index (χ3n) is 5.26. The van der Waals surface area contributed by atoms with Crippen molar-refractivity contribution in [3.63, 3.8) is 0 Å². The Hall–Kier alpha value is -1.68. The quantitative estimate of drug-likeness (QED) is 0.922. The highest BCUT2D eigenvalue weighted by molar-refractivity contribution is 7.07. The molecule has 1 N–H and O–H groups in total. The van der Waals surface area contributed by atoms with Crippen LogP contribution in [0.2, 0.25) is 0 Å². The topological polar surface area (TPSA) is 42.0 Å². The SMILES string of the molecule is O=C(CCc1cscn1)NCC1CC12CCc1ccccc12. The molecule has 1 saturated carbocycles. The third-order valence-corrected chi connectivity index (χ3v) is 5.90. The van der Waals surface area contributed by atoms with Crippen molar-refractivity contribution in [1.82, 2.24) is 10.3 Å². The van der Waals surface area contributed by atoms with Crippen LogP contribution in [0.15, 0.2) is 35.2 Å². The Morgan fingerprint density at radius 1 is 1.41 bits per heavy atom. The molecule has 1 aromatic carbocycles. The molecule has 1 aromatic heterocycles. The Morgan fingerprint density at radius 2 is 2.32 bits per heavy atom. The normalized spacial score (nSPS) is 25.2. The molecule has 2 aromatic rings. The van der Waals surface area contributed by atoms with Gasteiger partial charge >= 0.3 is 0 Å². The summed E-state index contributed by atoms with van der Waals surface area (Å²) in [5.74, 6) is 0.778. The average Bonchev–Trinajstić information content (AvgIpc) is 2.89. The molecule has 0 aliphatic heterocycles. The molecule has 2 aliphatic rings. The minimum atomic E-state index is 0.154. The summed E-state index contributed by atoms with van der Waals surface area (Å²) in [6.45, 7) is 0.824. The molecule has 4 rings (SSSR count). The molecule has 1 heterocycles. The van der Waals surface area contributed by atoms with Crippen molar-refractivity contribution in [2.75, 3.05) is 6.54 Å². The van der Waals surface area contributed by atoms with E-state index in [1.807, 2.05) is 10.9 Å². The maximum atomic E-state index is 12.0. The number of fused-ring (bicyclic) bond motifs is 2. The number of hydrogen-bond donors (Lipinski definition) is 1. The zero-order chi connectivity index (χ0) is 15.0. The van der Waals surface area contributed by atoms with E-state index < -0.39 is 0 Å². The van der Waals surface area contributed by atoms with Crippen molar-refractivity contribution >= 4 is 17.2 Å². The van der Waals surface area contributed by atoms with Crippen molar-refractivity contribution in [1.29, 1.82) is 0 Å². The van der Waals surface area contributed by atoms with Crippen LogP contribution in [-0.4, -0.2) is 17.4 Å². The fraction of sp³-hybridized carbons (Fsp3) is 0.444. The van der Waals surface area contributed by atoms with Gasteiger partial charge in [-0.1, -0.05) is 24.3 Å². The van der Waals surface area contributed by atoms with Gasteiger partial charge in [-0.05, 0) is 42.7 Å². The van der Waals surface area contributed by atoms with E-state index in [9.17, 15) is 4.79 Å². The van der Waals surface area contributed by atoms with E-state index in [-0.39, 0.29) is 5.91 Å². The first-order valence-corrected chi connectivity index (χ1v) is 8.94. The van der Waals surface area contributed by atoms with Crippen molar-refractivity contribution in [3.05, 3.63) is 52.0 Å². The van der Waals surface area contributed by atoms with E-state index in [1.165, 1.54) is 30.4 Å². The van der Waals surface area contributed by atoms with Crippen LogP contribution in [0.1, 0.15) is 36.1 Å². The van der Waals surface area contributed by atoms with Crippen molar-refractivity contribution in [2.24, 2.45) is 5.92 Å². The van der Waals surface area contributed by atoms with Gasteiger partial charge in [-0.15, -0.1) is 11.3 Å². The van der Waals surface area contributed by atoms with Crippen molar-refractivity contribution < 1.29 is 4.79 Å². The summed E-state index contributed by atoms with van der Waals surface area (Å²) in [4.78, 5) is 16.2. The molecule has 0 saturated heterocycles. The molecule has 22 heavy (non-hydrogen) atoms. The molecule has 1 spiro atoms. The molecule has 2 aliphatic carbocycles. The van der Waals surface area contributed by atoms with Crippen LogP contribution in [0.4, 0.5) is 0 Å². The van der Waals surface area contributed by atoms with Gasteiger partial charge in [0.2, 0.25) is 5.91 Å². The fourth-order valence-corrected chi connectivity index (χ4v) is 4.52. The maximum Gasteiger partial charge on any atom is 0.220 e. The maximum absolute atomic E-state index is 12.0. The molecule has 0 bridgehead atoms. The van der Waals surface area contributed by atoms with Crippen molar-refractivity contribution in [3.8, 4) is 0 Å². The third kappa shape index (κ3) is 2.45. The zero-order valence-electron chi connectivity index (χ0n) is 12.5. The van der Waals surface area contributed by atoms with Crippen LogP contribution < -0.4 is 5.32 Å². The van der Waals surface area contributed by atoms with Crippen LogP contribution in [0.25, 0.3) is 0 Å². The van der Waals surface area contributed by atoms with Crippen LogP contribution >= 0.6 is 11.3 Å². The number of nitrogens with one attached hydrogen (secondary N) is 1. The number of nitrogens with zero attached hydrogens (tertiary/aromatic N) is 1. The summed E-state index contributed by atoms with van der Waals surface area (Å²) in [6.07, 6.45) is 4.97. The number of thiazole rings is 1. The summed E-state index contributed by atoms with van der Waals surface area (Å²) < 4.78 is 0. The molecule has 1 fully saturated rings. The summed E-state index contributed by atoms with van der Waals surface area (Å²) in [7, 11) is 0. The van der Waals surface area contributed by atoms with Gasteiger partial charge in [-0.3, -0.25) is 4.79 Å². The van der Waals surface area contributed by atoms with Gasteiger partial charge < -0.3 is 5.32 Å². The molecular formula is C18H20N2OS. The van der Waals surface area contributed by atoms with Crippen molar-refractivity contribution in [2.45, 2.75) is 37.5 Å². The lowest BCUT2D eigenvalue weighted by Crippen LogP contribution is -2.27. The lowest BCUT2D eigenvalue weighted by molar-refractivity contribution is -0.121. The Labute approximate surface area is 134 Å². The molecule has 0 radical (unpaired) electrons. The first-order valence-electron chi connectivity index (χ1n) is 8.00. The van der Waals surface area contributed by atoms with Gasteiger partial charge in [0.1, 0.15) is 0 Å². The van der Waals surface area contributed by atoms with E-state index in [4.69, 9.17) is 0 Å². The number of aryl methyl sites for hydroxylation is 2. The molecule has 114 valence electrons. The van der Waals surface area contributed by atoms with E-state index in [0.717, 1.165) is 18.7 Å². The monoisotopic (exact) mass is 312 g/mol. The second-order valence-electron chi connectivity index (χ2n) is 6.50. The second kappa shape index (κ2) is 5.51. The predicted molar refractivity (Wildman–Crippen MR) is 88.0 cm³/mol. The molecule has 2 atom stereocenters. The standard InChI is InChI=1S/C18H20N2OS/c21-17(6-5-15-11-22-12-20-15)19-10-14-9-18(14)8-7-13-3-1-2-4-16(13)18/h1-4,11-12,14H,5-10H2,(H,19,21). The Bertz CT molecular complexity index is 682. The minimum absolute atomic E-state index is 0.154. The fourth-order valence-electron chi connectivity index (χ4n) is 3.93.